The van der Waals surface area contributed by atoms with E-state index in [1.807, 2.05) is 18.2 Å². The summed E-state index contributed by atoms with van der Waals surface area (Å²) in [4.78, 5) is 15.5. The van der Waals surface area contributed by atoms with E-state index >= 15 is 0 Å². The van der Waals surface area contributed by atoms with E-state index in [-0.39, 0.29) is 12.6 Å². The molecule has 5 radical (unpaired) electrons. The van der Waals surface area contributed by atoms with E-state index in [0.717, 1.165) is 5.69 Å². The van der Waals surface area contributed by atoms with Gasteiger partial charge < -0.3 is 4.74 Å². The monoisotopic (exact) mass is 200 g/mol. The number of ether oxygens (including phenoxy) is 1. The second kappa shape index (κ2) is 4.91. The molecule has 1 aromatic rings. The normalized spacial score (nSPS) is 16.5. The van der Waals surface area contributed by atoms with Gasteiger partial charge in [-0.05, 0) is 37.8 Å². The summed E-state index contributed by atoms with van der Waals surface area (Å²) in [6, 6.07) is 5.50. The first-order chi connectivity index (χ1) is 7.36. The van der Waals surface area contributed by atoms with Gasteiger partial charge in [0.25, 0.3) is 0 Å². The van der Waals surface area contributed by atoms with E-state index < -0.39 is 0 Å². The summed E-state index contributed by atoms with van der Waals surface area (Å²) in [6.07, 6.45) is 8.72. The summed E-state index contributed by atoms with van der Waals surface area (Å²) in [5, 5.41) is 0. The number of rotatable bonds is 3. The first-order valence-corrected chi connectivity index (χ1v) is 4.65. The fourth-order valence-electron chi connectivity index (χ4n) is 1.22. The van der Waals surface area contributed by atoms with Crippen LogP contribution in [0.5, 0.6) is 0 Å². The molecular formula is C12H10NO2. The maximum atomic E-state index is 11.4. The number of carbonyl (C=O) groups excluding carboxylic acids is 1. The van der Waals surface area contributed by atoms with Crippen molar-refractivity contribution < 1.29 is 9.53 Å². The van der Waals surface area contributed by atoms with Crippen LogP contribution in [-0.2, 0) is 16.1 Å². The van der Waals surface area contributed by atoms with Crippen LogP contribution in [0.1, 0.15) is 5.69 Å². The van der Waals surface area contributed by atoms with Crippen molar-refractivity contribution >= 4 is 5.97 Å². The van der Waals surface area contributed by atoms with Gasteiger partial charge in [0, 0.05) is 6.20 Å². The van der Waals surface area contributed by atoms with E-state index in [4.69, 9.17) is 4.74 Å². The van der Waals surface area contributed by atoms with Crippen LogP contribution in [0.25, 0.3) is 0 Å². The summed E-state index contributed by atoms with van der Waals surface area (Å²) in [5.41, 5.74) is 0.748. The van der Waals surface area contributed by atoms with Crippen molar-refractivity contribution in [1.29, 1.82) is 0 Å². The lowest BCUT2D eigenvalue weighted by atomic mass is 10.1. The Morgan fingerprint density at radius 3 is 2.73 bits per heavy atom. The Morgan fingerprint density at radius 2 is 2.07 bits per heavy atom. The minimum Gasteiger partial charge on any atom is -0.459 e. The molecule has 0 unspecified atom stereocenters. The summed E-state index contributed by atoms with van der Waals surface area (Å²) in [7, 11) is 0. The van der Waals surface area contributed by atoms with Crippen molar-refractivity contribution in [1.82, 2.24) is 4.98 Å². The van der Waals surface area contributed by atoms with Crippen LogP contribution in [0.2, 0.25) is 0 Å². The number of aromatic nitrogens is 1. The molecule has 3 nitrogen and oxygen atoms in total. The van der Waals surface area contributed by atoms with Gasteiger partial charge in [-0.25, -0.2) is 0 Å². The topological polar surface area (TPSA) is 39.2 Å². The third-order valence-corrected chi connectivity index (χ3v) is 1.98. The number of hydrogen-bond acceptors (Lipinski definition) is 3. The average molecular weight is 200 g/mol. The Bertz CT molecular complexity index is 318. The average Bonchev–Trinajstić information content (AvgIpc) is 2.81. The highest BCUT2D eigenvalue weighted by molar-refractivity contribution is 5.91. The maximum absolute atomic E-state index is 11.4. The Morgan fingerprint density at radius 1 is 1.27 bits per heavy atom. The molecule has 1 aromatic heterocycles. The van der Waals surface area contributed by atoms with E-state index in [9.17, 15) is 4.79 Å². The highest BCUT2D eigenvalue weighted by Crippen LogP contribution is 2.24. The Kier molecular flexibility index (Phi) is 3.33. The molecule has 0 aliphatic heterocycles. The number of hydrogen-bond donors (Lipinski definition) is 0. The fraction of sp³-hybridized carbons (Fsp3) is 0.0833. The molecule has 0 spiro atoms. The largest absolute Gasteiger partial charge is 0.459 e. The van der Waals surface area contributed by atoms with Crippen LogP contribution < -0.4 is 0 Å². The molecule has 1 saturated carbocycles. The molecule has 0 N–H and O–H groups in total. The third kappa shape index (κ3) is 2.78. The second-order valence-electron chi connectivity index (χ2n) is 3.07. The smallest absolute Gasteiger partial charge is 0.314 e. The van der Waals surface area contributed by atoms with Crippen LogP contribution in [0.4, 0.5) is 0 Å². The quantitative estimate of drug-likeness (QED) is 0.694. The molecule has 0 saturated heterocycles. The van der Waals surface area contributed by atoms with Gasteiger partial charge in [-0.1, -0.05) is 6.07 Å². The standard InChI is InChI=1S/C12H10NO2/c14-12(10-5-1-2-6-10)15-9-11-7-3-4-8-13-11/h1-8H,9H2. The van der Waals surface area contributed by atoms with Crippen LogP contribution in [0.3, 0.4) is 0 Å². The molecule has 0 bridgehead atoms. The lowest BCUT2D eigenvalue weighted by molar-refractivity contribution is -0.141. The maximum Gasteiger partial charge on any atom is 0.314 e. The van der Waals surface area contributed by atoms with Crippen molar-refractivity contribution in [2.45, 2.75) is 6.61 Å². The Hall–Kier alpha value is -1.38. The van der Waals surface area contributed by atoms with Gasteiger partial charge in [0.15, 0.2) is 0 Å². The molecule has 0 amide bonds. The van der Waals surface area contributed by atoms with E-state index in [2.05, 4.69) is 4.98 Å². The molecule has 0 aromatic carbocycles. The summed E-state index contributed by atoms with van der Waals surface area (Å²) in [6.45, 7) is 0.213. The van der Waals surface area contributed by atoms with Gasteiger partial charge in [0.2, 0.25) is 0 Å². The SMILES string of the molecule is O=C(OCc1ccccn1)[C]1[CH][CH][CH][CH]1. The van der Waals surface area contributed by atoms with Crippen LogP contribution in [-0.4, -0.2) is 11.0 Å². The van der Waals surface area contributed by atoms with Crippen LogP contribution in [0, 0.1) is 31.6 Å². The predicted molar refractivity (Wildman–Crippen MR) is 54.5 cm³/mol. The summed E-state index contributed by atoms with van der Waals surface area (Å²) in [5.74, 6) is 0.261. The molecule has 1 heterocycles. The summed E-state index contributed by atoms with van der Waals surface area (Å²) >= 11 is 0. The van der Waals surface area contributed by atoms with Crippen molar-refractivity contribution in [2.24, 2.45) is 0 Å². The second-order valence-corrected chi connectivity index (χ2v) is 3.07. The number of esters is 1. The van der Waals surface area contributed by atoms with Crippen LogP contribution in [0.15, 0.2) is 24.4 Å². The number of carbonyl (C=O) groups is 1. The third-order valence-electron chi connectivity index (χ3n) is 1.98. The highest BCUT2D eigenvalue weighted by Gasteiger charge is 2.25. The zero-order valence-corrected chi connectivity index (χ0v) is 8.09. The van der Waals surface area contributed by atoms with Crippen molar-refractivity contribution in [2.75, 3.05) is 0 Å². The van der Waals surface area contributed by atoms with E-state index in [1.165, 1.54) is 0 Å². The molecule has 3 heteroatoms. The zero-order chi connectivity index (χ0) is 10.5. The van der Waals surface area contributed by atoms with Gasteiger partial charge in [-0.2, -0.15) is 0 Å². The molecule has 0 atom stereocenters. The van der Waals surface area contributed by atoms with E-state index in [1.54, 1.807) is 31.9 Å². The van der Waals surface area contributed by atoms with Crippen LogP contribution >= 0.6 is 0 Å². The number of pyridine rings is 1. The molecule has 1 aliphatic rings. The minimum absolute atomic E-state index is 0.213. The summed E-state index contributed by atoms with van der Waals surface area (Å²) < 4.78 is 5.07. The lowest BCUT2D eigenvalue weighted by Gasteiger charge is -2.07. The first kappa shape index (κ1) is 10.1. The highest BCUT2D eigenvalue weighted by atomic mass is 16.5. The van der Waals surface area contributed by atoms with Crippen molar-refractivity contribution in [3.05, 3.63) is 61.7 Å². The molecule has 1 aliphatic carbocycles. The lowest BCUT2D eigenvalue weighted by Crippen LogP contribution is -2.13. The van der Waals surface area contributed by atoms with Crippen molar-refractivity contribution in [3.63, 3.8) is 0 Å². The van der Waals surface area contributed by atoms with Gasteiger partial charge in [0.05, 0.1) is 11.6 Å². The molecule has 1 fully saturated rings. The van der Waals surface area contributed by atoms with Crippen molar-refractivity contribution in [3.8, 4) is 0 Å². The molecule has 75 valence electrons. The molecular weight excluding hydrogens is 190 g/mol. The molecule has 15 heavy (non-hydrogen) atoms. The molecule has 2 rings (SSSR count). The predicted octanol–water partition coefficient (Wildman–Crippen LogP) is 1.53. The van der Waals surface area contributed by atoms with Gasteiger partial charge >= 0.3 is 5.97 Å². The Balaban J connectivity index is 1.80. The fourth-order valence-corrected chi connectivity index (χ4v) is 1.22. The minimum atomic E-state index is -0.314. The first-order valence-electron chi connectivity index (χ1n) is 4.65. The van der Waals surface area contributed by atoms with Gasteiger partial charge in [-0.15, -0.1) is 0 Å². The van der Waals surface area contributed by atoms with Gasteiger partial charge in [0.1, 0.15) is 6.61 Å². The van der Waals surface area contributed by atoms with E-state index in [0.29, 0.717) is 5.92 Å². The number of nitrogens with zero attached hydrogens (tertiary/aromatic N) is 1. The zero-order valence-electron chi connectivity index (χ0n) is 8.09. The van der Waals surface area contributed by atoms with Gasteiger partial charge in [-0.3, -0.25) is 9.78 Å². The Labute approximate surface area is 89.5 Å².